The number of hydrogen-bond donors (Lipinski definition) is 2. The minimum absolute atomic E-state index is 0.0671. The maximum absolute atomic E-state index is 13.3. The van der Waals surface area contributed by atoms with Crippen molar-refractivity contribution in [1.82, 2.24) is 0 Å². The molecule has 164 valence electrons. The highest BCUT2D eigenvalue weighted by Crippen LogP contribution is 2.38. The van der Waals surface area contributed by atoms with Crippen molar-refractivity contribution >= 4 is 33.7 Å². The van der Waals surface area contributed by atoms with Crippen molar-refractivity contribution < 1.29 is 22.7 Å². The van der Waals surface area contributed by atoms with Crippen molar-refractivity contribution in [1.29, 1.82) is 0 Å². The summed E-state index contributed by atoms with van der Waals surface area (Å²) in [5.74, 6) is 0.0355. The van der Waals surface area contributed by atoms with E-state index in [1.807, 2.05) is 26.0 Å². The van der Waals surface area contributed by atoms with Crippen molar-refractivity contribution in [2.24, 2.45) is 4.99 Å². The lowest BCUT2D eigenvalue weighted by Gasteiger charge is -2.28. The molecule has 1 heterocycles. The summed E-state index contributed by atoms with van der Waals surface area (Å²) in [6.07, 6.45) is 5.22. The first-order valence-electron chi connectivity index (χ1n) is 9.80. The number of aromatic hydroxyl groups is 1. The van der Waals surface area contributed by atoms with E-state index >= 15 is 0 Å². The summed E-state index contributed by atoms with van der Waals surface area (Å²) < 4.78 is 46.4. The monoisotopic (exact) mass is 452 g/mol. The maximum atomic E-state index is 13.3. The van der Waals surface area contributed by atoms with Crippen LogP contribution in [0.4, 0.5) is 15.8 Å². The van der Waals surface area contributed by atoms with Crippen LogP contribution in [-0.2, 0) is 10.0 Å². The lowest BCUT2D eigenvalue weighted by atomic mass is 10.00. The van der Waals surface area contributed by atoms with E-state index in [1.54, 1.807) is 36.4 Å². The van der Waals surface area contributed by atoms with Crippen LogP contribution in [0.5, 0.6) is 11.5 Å². The van der Waals surface area contributed by atoms with Gasteiger partial charge in [-0.3, -0.25) is 9.71 Å². The first-order valence-corrected chi connectivity index (χ1v) is 11.3. The standard InChI is InChI=1S/C24H21FN2O4S/c1-24(2)13-12-21-22(31-24)11-6-16(23(21)28)15-26-18-7-9-19(10-8-18)27-32(29,30)20-5-3-4-17(25)14-20/h3-15,27-28H,1-2H3/b26-15+. The Morgan fingerprint density at radius 3 is 2.56 bits per heavy atom. The Hall–Kier alpha value is -3.65. The third-order valence-corrected chi connectivity index (χ3v) is 6.19. The Labute approximate surface area is 185 Å². The van der Waals surface area contributed by atoms with Gasteiger partial charge in [-0.15, -0.1) is 0 Å². The average molecular weight is 453 g/mol. The Balaban J connectivity index is 1.50. The fourth-order valence-electron chi connectivity index (χ4n) is 3.17. The summed E-state index contributed by atoms with van der Waals surface area (Å²) >= 11 is 0. The van der Waals surface area contributed by atoms with Crippen molar-refractivity contribution in [3.63, 3.8) is 0 Å². The van der Waals surface area contributed by atoms with Crippen LogP contribution in [0, 0.1) is 5.82 Å². The van der Waals surface area contributed by atoms with Gasteiger partial charge in [-0.25, -0.2) is 12.8 Å². The van der Waals surface area contributed by atoms with Gasteiger partial charge in [-0.1, -0.05) is 6.07 Å². The van der Waals surface area contributed by atoms with Crippen molar-refractivity contribution in [3.8, 4) is 11.5 Å². The minimum atomic E-state index is -3.91. The summed E-state index contributed by atoms with van der Waals surface area (Å²) in [7, 11) is -3.91. The molecule has 8 heteroatoms. The number of anilines is 1. The van der Waals surface area contributed by atoms with E-state index in [-0.39, 0.29) is 10.6 Å². The molecule has 0 radical (unpaired) electrons. The van der Waals surface area contributed by atoms with Crippen LogP contribution in [0.1, 0.15) is 25.0 Å². The molecule has 3 aromatic rings. The van der Waals surface area contributed by atoms with E-state index in [0.717, 1.165) is 6.07 Å². The number of nitrogens with one attached hydrogen (secondary N) is 1. The van der Waals surface area contributed by atoms with E-state index in [1.165, 1.54) is 24.4 Å². The summed E-state index contributed by atoms with van der Waals surface area (Å²) in [6.45, 7) is 3.86. The molecule has 0 atom stereocenters. The zero-order valence-electron chi connectivity index (χ0n) is 17.4. The molecule has 0 saturated heterocycles. The zero-order valence-corrected chi connectivity index (χ0v) is 18.2. The smallest absolute Gasteiger partial charge is 0.261 e. The summed E-state index contributed by atoms with van der Waals surface area (Å²) in [5, 5.41) is 10.6. The van der Waals surface area contributed by atoms with Crippen molar-refractivity contribution in [2.75, 3.05) is 4.72 Å². The van der Waals surface area contributed by atoms with Gasteiger partial charge in [-0.05, 0) is 80.6 Å². The van der Waals surface area contributed by atoms with E-state index in [9.17, 15) is 17.9 Å². The Bertz CT molecular complexity index is 1330. The van der Waals surface area contributed by atoms with Gasteiger partial charge in [0.25, 0.3) is 10.0 Å². The number of halogens is 1. The largest absolute Gasteiger partial charge is 0.506 e. The van der Waals surface area contributed by atoms with E-state index in [2.05, 4.69) is 9.71 Å². The zero-order chi connectivity index (χ0) is 22.9. The van der Waals surface area contributed by atoms with Gasteiger partial charge in [-0.2, -0.15) is 0 Å². The van der Waals surface area contributed by atoms with Gasteiger partial charge >= 0.3 is 0 Å². The molecular weight excluding hydrogens is 431 g/mol. The van der Waals surface area contributed by atoms with Crippen LogP contribution in [0.15, 0.2) is 76.6 Å². The molecule has 0 saturated carbocycles. The molecule has 0 fully saturated rings. The van der Waals surface area contributed by atoms with Gasteiger partial charge < -0.3 is 9.84 Å². The number of phenols is 1. The second-order valence-corrected chi connectivity index (χ2v) is 9.50. The highest BCUT2D eigenvalue weighted by Gasteiger charge is 2.24. The van der Waals surface area contributed by atoms with Crippen molar-refractivity contribution in [2.45, 2.75) is 24.3 Å². The van der Waals surface area contributed by atoms with Crippen LogP contribution in [0.2, 0.25) is 0 Å². The lowest BCUT2D eigenvalue weighted by molar-refractivity contribution is 0.158. The van der Waals surface area contributed by atoms with Crippen LogP contribution >= 0.6 is 0 Å². The number of aliphatic imine (C=N–C) groups is 1. The summed E-state index contributed by atoms with van der Waals surface area (Å²) in [4.78, 5) is 4.18. The highest BCUT2D eigenvalue weighted by molar-refractivity contribution is 7.92. The number of ether oxygens (including phenoxy) is 1. The minimum Gasteiger partial charge on any atom is -0.506 e. The number of rotatable bonds is 5. The summed E-state index contributed by atoms with van der Waals surface area (Å²) in [6, 6.07) is 14.6. The molecule has 1 aliphatic rings. The quantitative estimate of drug-likeness (QED) is 0.517. The first kappa shape index (κ1) is 21.6. The normalized spacial score (nSPS) is 14.7. The van der Waals surface area contributed by atoms with Crippen LogP contribution < -0.4 is 9.46 Å². The molecule has 0 spiro atoms. The van der Waals surface area contributed by atoms with Gasteiger partial charge in [0, 0.05) is 17.5 Å². The molecule has 0 amide bonds. The average Bonchev–Trinajstić information content (AvgIpc) is 2.73. The van der Waals surface area contributed by atoms with Gasteiger partial charge in [0.05, 0.1) is 16.1 Å². The SMILES string of the molecule is CC1(C)C=Cc2c(ccc(/C=N/c3ccc(NS(=O)(=O)c4cccc(F)c4)cc3)c2O)O1. The molecule has 0 aromatic heterocycles. The van der Waals surface area contributed by atoms with Crippen molar-refractivity contribution in [3.05, 3.63) is 83.7 Å². The van der Waals surface area contributed by atoms with Crippen LogP contribution in [0.25, 0.3) is 6.08 Å². The number of fused-ring (bicyclic) bond motifs is 1. The Kier molecular flexibility index (Phi) is 5.48. The van der Waals surface area contributed by atoms with Gasteiger partial charge in [0.2, 0.25) is 0 Å². The number of nitrogens with zero attached hydrogens (tertiary/aromatic N) is 1. The number of sulfonamides is 1. The first-order chi connectivity index (χ1) is 15.1. The fourth-order valence-corrected chi connectivity index (χ4v) is 4.26. The van der Waals surface area contributed by atoms with Gasteiger partial charge in [0.1, 0.15) is 22.9 Å². The number of hydrogen-bond acceptors (Lipinski definition) is 5. The van der Waals surface area contributed by atoms with Crippen LogP contribution in [-0.4, -0.2) is 25.3 Å². The Morgan fingerprint density at radius 2 is 1.84 bits per heavy atom. The number of benzene rings is 3. The molecule has 0 unspecified atom stereocenters. The maximum Gasteiger partial charge on any atom is 0.261 e. The summed E-state index contributed by atoms with van der Waals surface area (Å²) in [5.41, 5.74) is 1.55. The van der Waals surface area contributed by atoms with Crippen LogP contribution in [0.3, 0.4) is 0 Å². The number of phenolic OH excluding ortho intramolecular Hbond substituents is 1. The highest BCUT2D eigenvalue weighted by atomic mass is 32.2. The van der Waals surface area contributed by atoms with E-state index in [4.69, 9.17) is 4.74 Å². The third-order valence-electron chi connectivity index (χ3n) is 4.81. The lowest BCUT2D eigenvalue weighted by Crippen LogP contribution is -2.27. The molecule has 0 bridgehead atoms. The molecule has 0 aliphatic carbocycles. The molecule has 6 nitrogen and oxygen atoms in total. The predicted octanol–water partition coefficient (Wildman–Crippen LogP) is 5.27. The third kappa shape index (κ3) is 4.65. The Morgan fingerprint density at radius 1 is 1.09 bits per heavy atom. The molecule has 2 N–H and O–H groups in total. The molecule has 32 heavy (non-hydrogen) atoms. The molecule has 4 rings (SSSR count). The van der Waals surface area contributed by atoms with E-state index in [0.29, 0.717) is 28.3 Å². The second kappa shape index (κ2) is 8.12. The predicted molar refractivity (Wildman–Crippen MR) is 123 cm³/mol. The van der Waals surface area contributed by atoms with Gasteiger partial charge in [0.15, 0.2) is 0 Å². The molecular formula is C24H21FN2O4S. The molecule has 1 aliphatic heterocycles. The van der Waals surface area contributed by atoms with E-state index < -0.39 is 21.4 Å². The second-order valence-electron chi connectivity index (χ2n) is 7.82. The molecule has 3 aromatic carbocycles. The topological polar surface area (TPSA) is 88.0 Å². The fraction of sp³-hybridized carbons (Fsp3) is 0.125.